The van der Waals surface area contributed by atoms with Crippen LogP contribution < -0.4 is 5.32 Å². The van der Waals surface area contributed by atoms with Crippen molar-refractivity contribution in [2.45, 2.75) is 12.8 Å². The van der Waals surface area contributed by atoms with Crippen LogP contribution in [0.1, 0.15) is 12.8 Å². The Morgan fingerprint density at radius 3 is 3.10 bits per heavy atom. The highest BCUT2D eigenvalue weighted by molar-refractivity contribution is 7.98. The number of halogens is 2. The number of anilines is 1. The molecule has 1 aliphatic rings. The molecule has 1 heterocycles. The number of nitrogens with one attached hydrogen (secondary N) is 1. The van der Waals surface area contributed by atoms with Gasteiger partial charge < -0.3 is 10.2 Å². The van der Waals surface area contributed by atoms with Gasteiger partial charge in [0.25, 0.3) is 0 Å². The molecule has 1 N–H and O–H groups in total. The van der Waals surface area contributed by atoms with E-state index in [1.807, 2.05) is 16.7 Å². The summed E-state index contributed by atoms with van der Waals surface area (Å²) in [6.07, 6.45) is 4.27. The van der Waals surface area contributed by atoms with Gasteiger partial charge in [0, 0.05) is 13.1 Å². The summed E-state index contributed by atoms with van der Waals surface area (Å²) in [6, 6.07) is 3.81. The van der Waals surface area contributed by atoms with Gasteiger partial charge in [-0.1, -0.05) is 11.6 Å². The van der Waals surface area contributed by atoms with E-state index in [0.29, 0.717) is 11.6 Å². The first-order chi connectivity index (χ1) is 9.60. The number of thioether (sulfide) groups is 1. The molecular weight excluding hydrogens is 299 g/mol. The van der Waals surface area contributed by atoms with Crippen LogP contribution in [-0.4, -0.2) is 36.0 Å². The van der Waals surface area contributed by atoms with Gasteiger partial charge in [-0.25, -0.2) is 9.18 Å². The minimum atomic E-state index is -0.411. The van der Waals surface area contributed by atoms with E-state index in [0.717, 1.165) is 25.3 Å². The van der Waals surface area contributed by atoms with Gasteiger partial charge in [0.05, 0.1) is 10.7 Å². The van der Waals surface area contributed by atoms with E-state index < -0.39 is 5.82 Å². The predicted molar refractivity (Wildman–Crippen MR) is 83.1 cm³/mol. The highest BCUT2D eigenvalue weighted by Gasteiger charge is 2.23. The van der Waals surface area contributed by atoms with Crippen LogP contribution in [0.3, 0.4) is 0 Å². The zero-order valence-corrected chi connectivity index (χ0v) is 12.9. The molecule has 0 spiro atoms. The second kappa shape index (κ2) is 7.18. The van der Waals surface area contributed by atoms with E-state index in [4.69, 9.17) is 11.6 Å². The first kappa shape index (κ1) is 15.4. The maximum Gasteiger partial charge on any atom is 0.321 e. The molecule has 0 bridgehead atoms. The Morgan fingerprint density at radius 2 is 2.40 bits per heavy atom. The number of piperidine rings is 1. The summed E-state index contributed by atoms with van der Waals surface area (Å²) in [5.41, 5.74) is 0.449. The molecule has 0 unspecified atom stereocenters. The number of carbonyl (C=O) groups excluding carboxylic acids is 1. The van der Waals surface area contributed by atoms with Gasteiger partial charge in [-0.15, -0.1) is 0 Å². The van der Waals surface area contributed by atoms with Gasteiger partial charge in [-0.2, -0.15) is 11.8 Å². The van der Waals surface area contributed by atoms with E-state index in [1.165, 1.54) is 24.6 Å². The van der Waals surface area contributed by atoms with Crippen molar-refractivity contribution in [2.75, 3.05) is 30.4 Å². The predicted octanol–water partition coefficient (Wildman–Crippen LogP) is 4.09. The van der Waals surface area contributed by atoms with Gasteiger partial charge >= 0.3 is 6.03 Å². The zero-order valence-electron chi connectivity index (χ0n) is 11.4. The van der Waals surface area contributed by atoms with Gasteiger partial charge in [0.1, 0.15) is 5.82 Å². The van der Waals surface area contributed by atoms with E-state index in [-0.39, 0.29) is 11.1 Å². The number of carbonyl (C=O) groups is 1. The third-order valence-electron chi connectivity index (χ3n) is 3.38. The largest absolute Gasteiger partial charge is 0.324 e. The van der Waals surface area contributed by atoms with Gasteiger partial charge in [-0.3, -0.25) is 0 Å². The number of hydrogen-bond donors (Lipinski definition) is 1. The van der Waals surface area contributed by atoms with Crippen molar-refractivity contribution >= 4 is 35.1 Å². The Balaban J connectivity index is 1.97. The highest BCUT2D eigenvalue weighted by Crippen LogP contribution is 2.24. The maximum atomic E-state index is 13.0. The quantitative estimate of drug-likeness (QED) is 0.911. The van der Waals surface area contributed by atoms with Crippen molar-refractivity contribution in [3.63, 3.8) is 0 Å². The van der Waals surface area contributed by atoms with E-state index in [2.05, 4.69) is 11.6 Å². The lowest BCUT2D eigenvalue weighted by Gasteiger charge is -2.32. The summed E-state index contributed by atoms with van der Waals surface area (Å²) in [7, 11) is 0. The van der Waals surface area contributed by atoms with Crippen LogP contribution in [0.4, 0.5) is 14.9 Å². The second-order valence-corrected chi connectivity index (χ2v) is 6.28. The Hall–Kier alpha value is -0.940. The molecule has 6 heteroatoms. The normalized spacial score (nSPS) is 18.9. The zero-order chi connectivity index (χ0) is 14.5. The molecule has 3 nitrogen and oxygen atoms in total. The number of likely N-dealkylation sites (tertiary alicyclic amines) is 1. The first-order valence-corrected chi connectivity index (χ1v) is 8.37. The lowest BCUT2D eigenvalue weighted by atomic mass is 10.0. The standard InChI is InChI=1S/C14H18ClFN2OS/c1-20-9-10-3-2-6-18(8-10)14(19)17-13-5-4-11(16)7-12(13)15/h4-5,7,10H,2-3,6,8-9H2,1H3,(H,17,19)/t10-/m1/s1. The Morgan fingerprint density at radius 1 is 1.60 bits per heavy atom. The second-order valence-electron chi connectivity index (χ2n) is 4.96. The van der Waals surface area contributed by atoms with Gasteiger partial charge in [0.2, 0.25) is 0 Å². The average Bonchev–Trinajstić information content (AvgIpc) is 2.42. The number of benzene rings is 1. The molecule has 0 radical (unpaired) electrons. The lowest BCUT2D eigenvalue weighted by Crippen LogP contribution is -2.42. The van der Waals surface area contributed by atoms with Crippen molar-refractivity contribution in [1.29, 1.82) is 0 Å². The molecule has 2 rings (SSSR count). The average molecular weight is 317 g/mol. The molecule has 110 valence electrons. The summed E-state index contributed by atoms with van der Waals surface area (Å²) in [4.78, 5) is 14.0. The van der Waals surface area contributed by atoms with Crippen LogP contribution >= 0.6 is 23.4 Å². The lowest BCUT2D eigenvalue weighted by molar-refractivity contribution is 0.183. The molecule has 0 aromatic heterocycles. The molecule has 0 saturated carbocycles. The fourth-order valence-corrected chi connectivity index (χ4v) is 3.36. The monoisotopic (exact) mass is 316 g/mol. The third-order valence-corrected chi connectivity index (χ3v) is 4.50. The van der Waals surface area contributed by atoms with E-state index in [9.17, 15) is 9.18 Å². The Kier molecular flexibility index (Phi) is 5.54. The summed E-state index contributed by atoms with van der Waals surface area (Å²) in [6.45, 7) is 1.53. The number of hydrogen-bond acceptors (Lipinski definition) is 2. The van der Waals surface area contributed by atoms with Crippen LogP contribution in [0.25, 0.3) is 0 Å². The Labute approximate surface area is 127 Å². The highest BCUT2D eigenvalue weighted by atomic mass is 35.5. The fraction of sp³-hybridized carbons (Fsp3) is 0.500. The molecular formula is C14H18ClFN2OS. The smallest absolute Gasteiger partial charge is 0.321 e. The van der Waals surface area contributed by atoms with Crippen molar-refractivity contribution in [2.24, 2.45) is 5.92 Å². The maximum absolute atomic E-state index is 13.0. The minimum absolute atomic E-state index is 0.163. The number of amides is 2. The molecule has 0 aliphatic carbocycles. The van der Waals surface area contributed by atoms with Crippen LogP contribution in [0.15, 0.2) is 18.2 Å². The van der Waals surface area contributed by atoms with Crippen LogP contribution in [0.5, 0.6) is 0 Å². The molecule has 1 atom stereocenters. The fourth-order valence-electron chi connectivity index (χ4n) is 2.41. The molecule has 1 aromatic carbocycles. The molecule has 1 fully saturated rings. The van der Waals surface area contributed by atoms with Crippen LogP contribution in [0.2, 0.25) is 5.02 Å². The van der Waals surface area contributed by atoms with E-state index >= 15 is 0 Å². The minimum Gasteiger partial charge on any atom is -0.324 e. The molecule has 20 heavy (non-hydrogen) atoms. The number of urea groups is 1. The Bertz CT molecular complexity index is 484. The molecule has 1 aromatic rings. The van der Waals surface area contributed by atoms with E-state index in [1.54, 1.807) is 0 Å². The van der Waals surface area contributed by atoms with Crippen LogP contribution in [0, 0.1) is 11.7 Å². The SMILES string of the molecule is CSC[C@@H]1CCCN(C(=O)Nc2ccc(F)cc2Cl)C1. The van der Waals surface area contributed by atoms with Crippen molar-refractivity contribution in [3.8, 4) is 0 Å². The summed E-state index contributed by atoms with van der Waals surface area (Å²) < 4.78 is 13.0. The topological polar surface area (TPSA) is 32.3 Å². The summed E-state index contributed by atoms with van der Waals surface area (Å²) in [5, 5.41) is 2.97. The molecule has 1 aliphatic heterocycles. The van der Waals surface area contributed by atoms with Crippen molar-refractivity contribution in [3.05, 3.63) is 29.0 Å². The van der Waals surface area contributed by atoms with Crippen molar-refractivity contribution < 1.29 is 9.18 Å². The van der Waals surface area contributed by atoms with Gasteiger partial charge in [0.15, 0.2) is 0 Å². The molecule has 2 amide bonds. The van der Waals surface area contributed by atoms with Crippen LogP contribution in [-0.2, 0) is 0 Å². The van der Waals surface area contributed by atoms with Crippen molar-refractivity contribution in [1.82, 2.24) is 4.90 Å². The third kappa shape index (κ3) is 4.03. The number of rotatable bonds is 3. The first-order valence-electron chi connectivity index (χ1n) is 6.60. The summed E-state index contributed by atoms with van der Waals surface area (Å²) >= 11 is 7.72. The summed E-state index contributed by atoms with van der Waals surface area (Å²) in [5.74, 6) is 1.21. The molecule has 1 saturated heterocycles. The van der Waals surface area contributed by atoms with Gasteiger partial charge in [-0.05, 0) is 49.0 Å². The number of nitrogens with zero attached hydrogens (tertiary/aromatic N) is 1.